The molecule has 0 saturated heterocycles. The van der Waals surface area contributed by atoms with E-state index >= 15 is 0 Å². The number of aromatic nitrogens is 4. The molecule has 2 aromatic heterocycles. The highest BCUT2D eigenvalue weighted by molar-refractivity contribution is 8.76. The topological polar surface area (TPSA) is 125 Å². The Morgan fingerprint density at radius 3 is 2.05 bits per heavy atom. The number of fused-ring (bicyclic) bond motifs is 1. The number of hydrogen-bond donors (Lipinski definition) is 2. The van der Waals surface area contributed by atoms with Gasteiger partial charge in [-0.25, -0.2) is 15.0 Å². The molecule has 236 valence electrons. The van der Waals surface area contributed by atoms with Crippen LogP contribution in [0.25, 0.3) is 11.2 Å². The molecular weight excluding hydrogens is 577 g/mol. The number of imidazole rings is 1. The maximum Gasteiger partial charge on any atom is 0.353 e. The van der Waals surface area contributed by atoms with Gasteiger partial charge < -0.3 is 24.5 Å². The lowest BCUT2D eigenvalue weighted by Crippen LogP contribution is -2.17. The molecule has 2 unspecified atom stereocenters. The number of nitrogens with two attached hydrogens (primary N) is 1. The molecule has 2 rings (SSSR count). The quantitative estimate of drug-likeness (QED) is 0.0562. The Morgan fingerprint density at radius 2 is 1.44 bits per heavy atom. The largest absolute Gasteiger partial charge is 0.382 e. The van der Waals surface area contributed by atoms with Gasteiger partial charge in [0.2, 0.25) is 0 Å². The van der Waals surface area contributed by atoms with E-state index in [1.54, 1.807) is 10.9 Å². The lowest BCUT2D eigenvalue weighted by molar-refractivity contribution is 0.0716. The molecule has 2 aromatic rings. The van der Waals surface area contributed by atoms with Gasteiger partial charge in [0.25, 0.3) is 0 Å². The molecule has 12 heteroatoms. The Bertz CT molecular complexity index is 984. The maximum atomic E-state index is 12.3. The summed E-state index contributed by atoms with van der Waals surface area (Å²) in [4.78, 5) is 22.5. The molecule has 41 heavy (non-hydrogen) atoms. The smallest absolute Gasteiger partial charge is 0.353 e. The Morgan fingerprint density at radius 1 is 0.878 bits per heavy atom. The van der Waals surface area contributed by atoms with Crippen molar-refractivity contribution < 1.29 is 18.7 Å². The highest BCUT2D eigenvalue weighted by Gasteiger charge is 2.21. The Balaban J connectivity index is 1.35. The lowest BCUT2D eigenvalue weighted by Gasteiger charge is -2.17. The van der Waals surface area contributed by atoms with Crippen LogP contribution in [0.2, 0.25) is 0 Å². The average molecular weight is 632 g/mol. The lowest BCUT2D eigenvalue weighted by atomic mass is 10.0. The van der Waals surface area contributed by atoms with Crippen LogP contribution in [0, 0.1) is 0 Å². The second kappa shape index (κ2) is 22.7. The number of hydrogen-bond acceptors (Lipinski definition) is 9. The number of ether oxygens (including phenoxy) is 1. The zero-order valence-electron chi connectivity index (χ0n) is 25.4. The first kappa shape index (κ1) is 36.4. The van der Waals surface area contributed by atoms with Crippen molar-refractivity contribution in [1.82, 2.24) is 19.5 Å². The minimum atomic E-state index is -3.79. The van der Waals surface area contributed by atoms with Crippen molar-refractivity contribution in [3.63, 3.8) is 0 Å². The normalized spacial score (nSPS) is 14.0. The highest BCUT2D eigenvalue weighted by Crippen LogP contribution is 2.42. The Labute approximate surface area is 255 Å². The number of unbranched alkanes of at least 4 members (excludes halogenated alkanes) is 14. The summed E-state index contributed by atoms with van der Waals surface area (Å²) >= 11 is 0. The summed E-state index contributed by atoms with van der Waals surface area (Å²) in [5.74, 6) is 2.55. The predicted octanol–water partition coefficient (Wildman–Crippen LogP) is 8.62. The third kappa shape index (κ3) is 17.1. The molecule has 0 aliphatic carbocycles. The first-order chi connectivity index (χ1) is 19.9. The maximum absolute atomic E-state index is 12.3. The molecule has 0 radical (unpaired) electrons. The fourth-order valence-electron chi connectivity index (χ4n) is 4.56. The second-order valence-corrected chi connectivity index (χ2v) is 15.3. The minimum Gasteiger partial charge on any atom is -0.382 e. The van der Waals surface area contributed by atoms with Gasteiger partial charge in [-0.1, -0.05) is 112 Å². The molecule has 0 spiro atoms. The SMILES string of the molecule is CCCCCCCCCCCCCCCCSSCCCCOP(=O)(O)COC(C)Cn1cnc2c(N)ncnc21. The van der Waals surface area contributed by atoms with Crippen LogP contribution in [0.4, 0.5) is 5.82 Å². The van der Waals surface area contributed by atoms with Gasteiger partial charge in [-0.05, 0) is 26.2 Å². The molecule has 3 N–H and O–H groups in total. The molecule has 9 nitrogen and oxygen atoms in total. The molecule has 0 amide bonds. The van der Waals surface area contributed by atoms with Crippen LogP contribution < -0.4 is 5.73 Å². The van der Waals surface area contributed by atoms with E-state index in [4.69, 9.17) is 15.0 Å². The summed E-state index contributed by atoms with van der Waals surface area (Å²) in [7, 11) is 0.0480. The predicted molar refractivity (Wildman–Crippen MR) is 175 cm³/mol. The van der Waals surface area contributed by atoms with E-state index in [1.165, 1.54) is 102 Å². The molecule has 0 bridgehead atoms. The van der Waals surface area contributed by atoms with Gasteiger partial charge in [0.15, 0.2) is 11.5 Å². The van der Waals surface area contributed by atoms with E-state index in [0.29, 0.717) is 23.5 Å². The molecule has 0 fully saturated rings. The summed E-state index contributed by atoms with van der Waals surface area (Å²) < 4.78 is 24.9. The third-order valence-corrected chi connectivity index (χ3v) is 10.6. The van der Waals surface area contributed by atoms with E-state index < -0.39 is 7.60 Å². The monoisotopic (exact) mass is 631 g/mol. The van der Waals surface area contributed by atoms with E-state index in [9.17, 15) is 9.46 Å². The van der Waals surface area contributed by atoms with Gasteiger partial charge in [0, 0.05) is 11.5 Å². The van der Waals surface area contributed by atoms with E-state index in [2.05, 4.69) is 21.9 Å². The van der Waals surface area contributed by atoms with Crippen molar-refractivity contribution in [2.45, 2.75) is 129 Å². The van der Waals surface area contributed by atoms with E-state index in [0.717, 1.165) is 18.6 Å². The van der Waals surface area contributed by atoms with Crippen molar-refractivity contribution in [2.24, 2.45) is 0 Å². The van der Waals surface area contributed by atoms with Crippen LogP contribution in [-0.4, -0.2) is 55.0 Å². The summed E-state index contributed by atoms with van der Waals surface area (Å²) in [5.41, 5.74) is 6.95. The van der Waals surface area contributed by atoms with Crippen molar-refractivity contribution >= 4 is 46.2 Å². The third-order valence-electron chi connectivity index (χ3n) is 6.99. The number of nitrogens with zero attached hydrogens (tertiary/aromatic N) is 4. The number of nitrogen functional groups attached to an aromatic ring is 1. The first-order valence-electron chi connectivity index (χ1n) is 15.7. The number of rotatable bonds is 27. The van der Waals surface area contributed by atoms with Gasteiger partial charge in [-0.3, -0.25) is 4.57 Å². The minimum absolute atomic E-state index is 0.262. The van der Waals surface area contributed by atoms with Gasteiger partial charge in [-0.2, -0.15) is 0 Å². The molecule has 0 aliphatic heterocycles. The van der Waals surface area contributed by atoms with Gasteiger partial charge in [0.05, 0.1) is 25.6 Å². The summed E-state index contributed by atoms with van der Waals surface area (Å²) in [6, 6.07) is 0. The van der Waals surface area contributed by atoms with Gasteiger partial charge >= 0.3 is 7.60 Å². The molecule has 2 heterocycles. The molecule has 0 saturated carbocycles. The van der Waals surface area contributed by atoms with E-state index in [1.807, 2.05) is 28.5 Å². The first-order valence-corrected chi connectivity index (χ1v) is 19.9. The second-order valence-electron chi connectivity index (χ2n) is 10.9. The summed E-state index contributed by atoms with van der Waals surface area (Å²) in [5, 5.41) is 0. The fourth-order valence-corrected chi connectivity index (χ4v) is 7.79. The van der Waals surface area contributed by atoms with Crippen LogP contribution in [-0.2, 0) is 20.4 Å². The zero-order chi connectivity index (χ0) is 29.6. The zero-order valence-corrected chi connectivity index (χ0v) is 27.9. The van der Waals surface area contributed by atoms with Crippen LogP contribution in [0.15, 0.2) is 12.7 Å². The molecular formula is C29H54N5O4PS2. The molecule has 2 atom stereocenters. The van der Waals surface area contributed by atoms with Gasteiger partial charge in [0.1, 0.15) is 18.2 Å². The van der Waals surface area contributed by atoms with Crippen LogP contribution >= 0.6 is 29.2 Å². The van der Waals surface area contributed by atoms with Crippen LogP contribution in [0.5, 0.6) is 0 Å². The average Bonchev–Trinajstić information content (AvgIpc) is 3.36. The Hall–Kier alpha value is -0.840. The van der Waals surface area contributed by atoms with Crippen molar-refractivity contribution in [1.29, 1.82) is 0 Å². The van der Waals surface area contributed by atoms with Crippen LogP contribution in [0.1, 0.15) is 117 Å². The summed E-state index contributed by atoms with van der Waals surface area (Å²) in [6.07, 6.45) is 23.6. The molecule has 0 aromatic carbocycles. The van der Waals surface area contributed by atoms with E-state index in [-0.39, 0.29) is 19.1 Å². The van der Waals surface area contributed by atoms with Crippen molar-refractivity contribution in [2.75, 3.05) is 30.2 Å². The molecule has 0 aliphatic rings. The van der Waals surface area contributed by atoms with Crippen molar-refractivity contribution in [3.05, 3.63) is 12.7 Å². The van der Waals surface area contributed by atoms with Gasteiger partial charge in [-0.15, -0.1) is 0 Å². The van der Waals surface area contributed by atoms with Crippen molar-refractivity contribution in [3.8, 4) is 0 Å². The van der Waals surface area contributed by atoms with Crippen LogP contribution in [0.3, 0.4) is 0 Å². The summed E-state index contributed by atoms with van der Waals surface area (Å²) in [6.45, 7) is 4.78. The number of anilines is 1. The fraction of sp³-hybridized carbons (Fsp3) is 0.828. The highest BCUT2D eigenvalue weighted by atomic mass is 33.1. The standard InChI is InChI=1S/C29H54N5O4PS2/c1-3-4-5-6-7-8-9-10-11-12-13-14-15-17-20-40-41-21-18-16-19-38-39(35,36)25-37-26(2)22-34-24-33-27-28(30)31-23-32-29(27)34/h23-24,26H,3-22,25H2,1-2H3,(H,35,36)(H2,30,31,32). The Kier molecular flexibility index (Phi) is 20.1.